The highest BCUT2D eigenvalue weighted by atomic mass is 16.5. The summed E-state index contributed by atoms with van der Waals surface area (Å²) in [6.07, 6.45) is 2.16. The first kappa shape index (κ1) is 16.3. The number of rotatable bonds is 5. The van der Waals surface area contributed by atoms with Crippen molar-refractivity contribution in [2.24, 2.45) is 5.41 Å². The Morgan fingerprint density at radius 3 is 2.14 bits per heavy atom. The monoisotopic (exact) mass is 306 g/mol. The number of esters is 1. The number of hydrogen-bond donors (Lipinski definition) is 0. The van der Waals surface area contributed by atoms with Crippen molar-refractivity contribution in [3.8, 4) is 11.5 Å². The molecule has 5 nitrogen and oxygen atoms in total. The lowest BCUT2D eigenvalue weighted by atomic mass is 9.87. The fourth-order valence-electron chi connectivity index (χ4n) is 3.45. The van der Waals surface area contributed by atoms with Crippen LogP contribution < -0.4 is 9.47 Å². The summed E-state index contributed by atoms with van der Waals surface area (Å²) in [4.78, 5) is 23.1. The van der Waals surface area contributed by atoms with Gasteiger partial charge in [-0.15, -0.1) is 0 Å². The zero-order valence-electron chi connectivity index (χ0n) is 13.7. The van der Waals surface area contributed by atoms with Crippen molar-refractivity contribution in [1.29, 1.82) is 0 Å². The first-order valence-electron chi connectivity index (χ1n) is 7.20. The van der Waals surface area contributed by atoms with Crippen LogP contribution in [0.3, 0.4) is 0 Å². The van der Waals surface area contributed by atoms with Crippen LogP contribution in [0.1, 0.15) is 29.2 Å². The van der Waals surface area contributed by atoms with Crippen LogP contribution in [0.4, 0.5) is 0 Å². The van der Waals surface area contributed by atoms with E-state index in [0.717, 1.165) is 34.3 Å². The number of hydrogen-bond acceptors (Lipinski definition) is 5. The fraction of sp³-hybridized carbons (Fsp3) is 0.529. The van der Waals surface area contributed by atoms with E-state index in [1.165, 1.54) is 7.11 Å². The normalized spacial score (nSPS) is 19.5. The third-order valence-electron chi connectivity index (χ3n) is 4.49. The zero-order chi connectivity index (χ0) is 16.5. The topological polar surface area (TPSA) is 61.8 Å². The molecule has 1 unspecified atom stereocenters. The molecular formula is C17H22O5. The number of carbonyl (C=O) groups is 2. The van der Waals surface area contributed by atoms with Gasteiger partial charge in [0.1, 0.15) is 17.8 Å². The highest BCUT2D eigenvalue weighted by molar-refractivity contribution is 5.80. The van der Waals surface area contributed by atoms with Crippen LogP contribution in [-0.4, -0.2) is 33.6 Å². The summed E-state index contributed by atoms with van der Waals surface area (Å²) in [5.41, 5.74) is 2.99. The van der Waals surface area contributed by atoms with E-state index in [0.29, 0.717) is 18.6 Å². The Bertz CT molecular complexity index is 620. The van der Waals surface area contributed by atoms with Gasteiger partial charge in [-0.25, -0.2) is 0 Å². The molecular weight excluding hydrogens is 284 g/mol. The molecule has 0 N–H and O–H groups in total. The maximum atomic E-state index is 12.1. The lowest BCUT2D eigenvalue weighted by Crippen LogP contribution is -2.29. The minimum absolute atomic E-state index is 0.248. The third-order valence-corrected chi connectivity index (χ3v) is 4.49. The molecule has 0 saturated carbocycles. The van der Waals surface area contributed by atoms with Gasteiger partial charge in [0, 0.05) is 23.1 Å². The number of fused-ring (bicyclic) bond motifs is 1. The Morgan fingerprint density at radius 2 is 1.68 bits per heavy atom. The van der Waals surface area contributed by atoms with E-state index in [-0.39, 0.29) is 12.4 Å². The number of methoxy groups -OCH3 is 3. The molecule has 1 aromatic rings. The fourth-order valence-corrected chi connectivity index (χ4v) is 3.45. The predicted molar refractivity (Wildman–Crippen MR) is 81.6 cm³/mol. The van der Waals surface area contributed by atoms with Crippen molar-refractivity contribution in [2.75, 3.05) is 21.3 Å². The van der Waals surface area contributed by atoms with Gasteiger partial charge in [0.25, 0.3) is 0 Å². The Balaban J connectivity index is 2.67. The van der Waals surface area contributed by atoms with Crippen LogP contribution in [0.25, 0.3) is 0 Å². The Morgan fingerprint density at radius 1 is 1.14 bits per heavy atom. The molecule has 120 valence electrons. The second kappa shape index (κ2) is 5.99. The lowest BCUT2D eigenvalue weighted by molar-refractivity contribution is -0.151. The van der Waals surface area contributed by atoms with Crippen LogP contribution in [0, 0.1) is 12.3 Å². The number of carbonyl (C=O) groups excluding carboxylic acids is 2. The van der Waals surface area contributed by atoms with E-state index < -0.39 is 5.41 Å². The van der Waals surface area contributed by atoms with Gasteiger partial charge < -0.3 is 19.0 Å². The molecule has 2 rings (SSSR count). The SMILES string of the molecule is COC(=O)C1(C)Cc2c(c(OC)c(CC=O)c(C)c2OC)C1. The molecule has 22 heavy (non-hydrogen) atoms. The Hall–Kier alpha value is -2.04. The van der Waals surface area contributed by atoms with E-state index in [2.05, 4.69) is 0 Å². The minimum Gasteiger partial charge on any atom is -0.496 e. The molecule has 1 aliphatic rings. The molecule has 5 heteroatoms. The van der Waals surface area contributed by atoms with E-state index in [4.69, 9.17) is 14.2 Å². The molecule has 0 spiro atoms. The van der Waals surface area contributed by atoms with Gasteiger partial charge in [-0.1, -0.05) is 0 Å². The van der Waals surface area contributed by atoms with Crippen LogP contribution >= 0.6 is 0 Å². The highest BCUT2D eigenvalue weighted by Gasteiger charge is 2.44. The third kappa shape index (κ3) is 2.34. The summed E-state index contributed by atoms with van der Waals surface area (Å²) in [5.74, 6) is 1.18. The molecule has 0 aromatic heterocycles. The molecule has 0 saturated heterocycles. The summed E-state index contributed by atoms with van der Waals surface area (Å²) in [7, 11) is 4.59. The van der Waals surface area contributed by atoms with Crippen LogP contribution in [-0.2, 0) is 33.6 Å². The molecule has 0 heterocycles. The first-order chi connectivity index (χ1) is 10.4. The van der Waals surface area contributed by atoms with Crippen molar-refractivity contribution < 1.29 is 23.8 Å². The zero-order valence-corrected chi connectivity index (χ0v) is 13.7. The van der Waals surface area contributed by atoms with Crippen molar-refractivity contribution in [3.63, 3.8) is 0 Å². The number of benzene rings is 1. The van der Waals surface area contributed by atoms with Gasteiger partial charge >= 0.3 is 5.97 Å². The number of ether oxygens (including phenoxy) is 3. The molecule has 0 fully saturated rings. The molecule has 0 amide bonds. The van der Waals surface area contributed by atoms with Crippen LogP contribution in [0.15, 0.2) is 0 Å². The first-order valence-corrected chi connectivity index (χ1v) is 7.20. The van der Waals surface area contributed by atoms with Gasteiger partial charge in [-0.2, -0.15) is 0 Å². The van der Waals surface area contributed by atoms with Gasteiger partial charge in [-0.3, -0.25) is 4.79 Å². The Labute approximate surface area is 130 Å². The van der Waals surface area contributed by atoms with Gasteiger partial charge in [-0.05, 0) is 32.3 Å². The average Bonchev–Trinajstić information content (AvgIpc) is 2.86. The van der Waals surface area contributed by atoms with Crippen molar-refractivity contribution >= 4 is 12.3 Å². The maximum Gasteiger partial charge on any atom is 0.312 e. The van der Waals surface area contributed by atoms with E-state index in [9.17, 15) is 9.59 Å². The van der Waals surface area contributed by atoms with Crippen molar-refractivity contribution in [2.45, 2.75) is 33.1 Å². The van der Waals surface area contributed by atoms with Gasteiger partial charge in [0.15, 0.2) is 0 Å². The van der Waals surface area contributed by atoms with Crippen molar-refractivity contribution in [1.82, 2.24) is 0 Å². The Kier molecular flexibility index (Phi) is 4.44. The molecule has 1 aromatic carbocycles. The molecule has 0 bridgehead atoms. The van der Waals surface area contributed by atoms with Crippen LogP contribution in [0.2, 0.25) is 0 Å². The molecule has 0 aliphatic heterocycles. The van der Waals surface area contributed by atoms with E-state index >= 15 is 0 Å². The average molecular weight is 306 g/mol. The number of aldehydes is 1. The van der Waals surface area contributed by atoms with E-state index in [1.807, 2.05) is 13.8 Å². The summed E-state index contributed by atoms with van der Waals surface area (Å²) in [5, 5.41) is 0. The highest BCUT2D eigenvalue weighted by Crippen LogP contribution is 2.49. The summed E-state index contributed by atoms with van der Waals surface area (Å²) in [6.45, 7) is 3.79. The smallest absolute Gasteiger partial charge is 0.312 e. The summed E-state index contributed by atoms with van der Waals surface area (Å²) < 4.78 is 16.1. The largest absolute Gasteiger partial charge is 0.496 e. The maximum absolute atomic E-state index is 12.1. The second-order valence-corrected chi connectivity index (χ2v) is 5.90. The second-order valence-electron chi connectivity index (χ2n) is 5.90. The molecule has 1 aliphatic carbocycles. The predicted octanol–water partition coefficient (Wildman–Crippen LogP) is 2.03. The van der Waals surface area contributed by atoms with Crippen molar-refractivity contribution in [3.05, 3.63) is 22.3 Å². The van der Waals surface area contributed by atoms with E-state index in [1.54, 1.807) is 14.2 Å². The minimum atomic E-state index is -0.635. The lowest BCUT2D eigenvalue weighted by Gasteiger charge is -2.19. The standard InChI is InChI=1S/C17H22O5/c1-10-11(6-7-18)15(21-4)13-9-17(2,16(19)22-5)8-12(13)14(10)20-3/h7H,6,8-9H2,1-5H3. The van der Waals surface area contributed by atoms with Gasteiger partial charge in [0.2, 0.25) is 0 Å². The summed E-state index contributed by atoms with van der Waals surface area (Å²) in [6, 6.07) is 0. The molecule has 0 radical (unpaired) electrons. The van der Waals surface area contributed by atoms with Gasteiger partial charge in [0.05, 0.1) is 26.7 Å². The quantitative estimate of drug-likeness (QED) is 0.615. The van der Waals surface area contributed by atoms with Crippen LogP contribution in [0.5, 0.6) is 11.5 Å². The summed E-state index contributed by atoms with van der Waals surface area (Å²) >= 11 is 0. The molecule has 1 atom stereocenters.